The molecule has 192 valence electrons. The van der Waals surface area contributed by atoms with Gasteiger partial charge in [-0.1, -0.05) is 29.3 Å². The van der Waals surface area contributed by atoms with Crippen LogP contribution in [-0.4, -0.2) is 31.1 Å². The highest BCUT2D eigenvalue weighted by atomic mass is 35.5. The predicted octanol–water partition coefficient (Wildman–Crippen LogP) is 5.83. The molecule has 1 heterocycles. The van der Waals surface area contributed by atoms with Gasteiger partial charge in [-0.3, -0.25) is 9.59 Å². The highest BCUT2D eigenvalue weighted by Gasteiger charge is 2.15. The lowest BCUT2D eigenvalue weighted by Gasteiger charge is -2.09. The van der Waals surface area contributed by atoms with Crippen molar-refractivity contribution in [1.29, 1.82) is 0 Å². The Balaban J connectivity index is 1.38. The van der Waals surface area contributed by atoms with E-state index in [1.54, 1.807) is 42.5 Å². The van der Waals surface area contributed by atoms with Gasteiger partial charge in [-0.2, -0.15) is 5.10 Å². The molecule has 0 fully saturated rings. The van der Waals surface area contributed by atoms with Gasteiger partial charge in [0.1, 0.15) is 0 Å². The molecule has 11 heteroatoms. The molecule has 0 spiro atoms. The number of esters is 1. The number of anilines is 1. The summed E-state index contributed by atoms with van der Waals surface area (Å²) in [5.41, 5.74) is 3.89. The van der Waals surface area contributed by atoms with E-state index in [2.05, 4.69) is 15.8 Å². The molecule has 2 N–H and O–H groups in total. The average molecular weight is 552 g/mol. The van der Waals surface area contributed by atoms with Crippen LogP contribution in [0.15, 0.2) is 88.6 Å². The number of hydrogen-bond donors (Lipinski definition) is 2. The normalized spacial score (nSPS) is 10.7. The van der Waals surface area contributed by atoms with E-state index in [-0.39, 0.29) is 33.4 Å². The summed E-state index contributed by atoms with van der Waals surface area (Å²) in [7, 11) is 1.43. The van der Waals surface area contributed by atoms with E-state index in [1.165, 1.54) is 49.9 Å². The number of furan rings is 1. The summed E-state index contributed by atoms with van der Waals surface area (Å²) in [6, 6.07) is 18.6. The smallest absolute Gasteiger partial charge is 0.379 e. The Morgan fingerprint density at radius 2 is 1.76 bits per heavy atom. The highest BCUT2D eigenvalue weighted by Crippen LogP contribution is 2.28. The van der Waals surface area contributed by atoms with Gasteiger partial charge < -0.3 is 19.2 Å². The summed E-state index contributed by atoms with van der Waals surface area (Å²) in [5.74, 6) is -1.10. The second-order valence-electron chi connectivity index (χ2n) is 7.64. The third-order valence-corrected chi connectivity index (χ3v) is 5.60. The Labute approximate surface area is 227 Å². The Hall–Kier alpha value is -4.60. The SMILES string of the molecule is COc1cc(C=NNC(=O)c2cccc(NC(=O)c3ccc(Cl)cc3Cl)c2)ccc1OC(=O)c1ccco1. The van der Waals surface area contributed by atoms with Crippen LogP contribution in [0.5, 0.6) is 11.5 Å². The zero-order valence-corrected chi connectivity index (χ0v) is 21.2. The molecule has 1 aromatic heterocycles. The van der Waals surface area contributed by atoms with Crippen LogP contribution in [-0.2, 0) is 0 Å². The average Bonchev–Trinajstić information content (AvgIpc) is 3.45. The van der Waals surface area contributed by atoms with Crippen LogP contribution in [0.1, 0.15) is 36.8 Å². The number of methoxy groups -OCH3 is 1. The molecule has 0 bridgehead atoms. The number of halogens is 2. The quantitative estimate of drug-likeness (QED) is 0.123. The van der Waals surface area contributed by atoms with Gasteiger partial charge in [0.05, 0.1) is 30.2 Å². The van der Waals surface area contributed by atoms with Gasteiger partial charge in [0.25, 0.3) is 11.8 Å². The fraction of sp³-hybridized carbons (Fsp3) is 0.0370. The summed E-state index contributed by atoms with van der Waals surface area (Å²) in [5, 5.41) is 7.28. The molecular weight excluding hydrogens is 533 g/mol. The molecule has 0 aliphatic carbocycles. The van der Waals surface area contributed by atoms with Crippen molar-refractivity contribution in [2.45, 2.75) is 0 Å². The van der Waals surface area contributed by atoms with E-state index < -0.39 is 17.8 Å². The Morgan fingerprint density at radius 1 is 0.921 bits per heavy atom. The Morgan fingerprint density at radius 3 is 2.50 bits per heavy atom. The number of carbonyl (C=O) groups excluding carboxylic acids is 3. The first-order valence-electron chi connectivity index (χ1n) is 11.0. The molecule has 2 amide bonds. The first-order chi connectivity index (χ1) is 18.3. The Kier molecular flexibility index (Phi) is 8.42. The molecule has 0 saturated heterocycles. The van der Waals surface area contributed by atoms with Gasteiger partial charge in [0, 0.05) is 16.3 Å². The van der Waals surface area contributed by atoms with Crippen molar-refractivity contribution in [3.63, 3.8) is 0 Å². The van der Waals surface area contributed by atoms with E-state index in [0.29, 0.717) is 16.3 Å². The molecule has 0 aliphatic heterocycles. The zero-order chi connectivity index (χ0) is 27.1. The molecule has 3 aromatic carbocycles. The molecule has 0 aliphatic rings. The van der Waals surface area contributed by atoms with Crippen LogP contribution in [0.2, 0.25) is 10.0 Å². The van der Waals surface area contributed by atoms with Crippen LogP contribution in [0.25, 0.3) is 0 Å². The molecule has 9 nitrogen and oxygen atoms in total. The predicted molar refractivity (Wildman–Crippen MR) is 143 cm³/mol. The first-order valence-corrected chi connectivity index (χ1v) is 11.7. The number of amides is 2. The summed E-state index contributed by atoms with van der Waals surface area (Å²) < 4.78 is 15.6. The second-order valence-corrected chi connectivity index (χ2v) is 8.48. The van der Waals surface area contributed by atoms with Crippen LogP contribution in [0.3, 0.4) is 0 Å². The minimum atomic E-state index is -0.670. The van der Waals surface area contributed by atoms with Gasteiger partial charge in [-0.15, -0.1) is 0 Å². The van der Waals surface area contributed by atoms with Gasteiger partial charge in [0.15, 0.2) is 11.5 Å². The van der Waals surface area contributed by atoms with E-state index in [1.807, 2.05) is 0 Å². The molecule has 38 heavy (non-hydrogen) atoms. The van der Waals surface area contributed by atoms with Crippen LogP contribution in [0.4, 0.5) is 5.69 Å². The molecule has 4 rings (SSSR count). The van der Waals surface area contributed by atoms with Gasteiger partial charge in [0.2, 0.25) is 5.76 Å². The summed E-state index contributed by atoms with van der Waals surface area (Å²) >= 11 is 12.0. The van der Waals surface area contributed by atoms with E-state index >= 15 is 0 Å². The molecule has 0 unspecified atom stereocenters. The van der Waals surface area contributed by atoms with Crippen molar-refractivity contribution in [2.75, 3.05) is 12.4 Å². The lowest BCUT2D eigenvalue weighted by Crippen LogP contribution is -2.18. The zero-order valence-electron chi connectivity index (χ0n) is 19.7. The number of ether oxygens (including phenoxy) is 2. The molecular formula is C27H19Cl2N3O6. The van der Waals surface area contributed by atoms with E-state index in [0.717, 1.165) is 0 Å². The minimum absolute atomic E-state index is 0.0535. The van der Waals surface area contributed by atoms with Gasteiger partial charge in [-0.05, 0) is 72.3 Å². The van der Waals surface area contributed by atoms with Crippen molar-refractivity contribution in [1.82, 2.24) is 5.43 Å². The van der Waals surface area contributed by atoms with Crippen molar-refractivity contribution < 1.29 is 28.3 Å². The summed E-state index contributed by atoms with van der Waals surface area (Å²) in [6.07, 6.45) is 2.76. The summed E-state index contributed by atoms with van der Waals surface area (Å²) in [6.45, 7) is 0. The second kappa shape index (κ2) is 12.1. The number of rotatable bonds is 8. The van der Waals surface area contributed by atoms with Crippen molar-refractivity contribution >= 4 is 52.9 Å². The Bertz CT molecular complexity index is 1520. The molecule has 4 aromatic rings. The van der Waals surface area contributed by atoms with E-state index in [4.69, 9.17) is 37.1 Å². The van der Waals surface area contributed by atoms with Crippen LogP contribution < -0.4 is 20.2 Å². The lowest BCUT2D eigenvalue weighted by molar-refractivity contribution is 0.0696. The van der Waals surface area contributed by atoms with Crippen LogP contribution >= 0.6 is 23.2 Å². The number of hydrazone groups is 1. The molecule has 0 saturated carbocycles. The third kappa shape index (κ3) is 6.58. The monoisotopic (exact) mass is 551 g/mol. The fourth-order valence-electron chi connectivity index (χ4n) is 3.23. The largest absolute Gasteiger partial charge is 0.493 e. The van der Waals surface area contributed by atoms with E-state index in [9.17, 15) is 14.4 Å². The first kappa shape index (κ1) is 26.5. The third-order valence-electron chi connectivity index (χ3n) is 5.05. The number of carbonyl (C=O) groups is 3. The van der Waals surface area contributed by atoms with Crippen molar-refractivity contribution in [3.8, 4) is 11.5 Å². The maximum Gasteiger partial charge on any atom is 0.379 e. The lowest BCUT2D eigenvalue weighted by atomic mass is 10.1. The van der Waals surface area contributed by atoms with Crippen molar-refractivity contribution in [2.24, 2.45) is 5.10 Å². The maximum absolute atomic E-state index is 12.6. The fourth-order valence-corrected chi connectivity index (χ4v) is 3.73. The number of nitrogens with one attached hydrogen (secondary N) is 2. The number of nitrogens with zero attached hydrogens (tertiary/aromatic N) is 1. The standard InChI is InChI=1S/C27H19Cl2N3O6/c1-36-24-12-16(7-10-22(24)38-27(35)23-6-3-11-37-23)15-30-32-25(33)17-4-2-5-19(13-17)31-26(34)20-9-8-18(28)14-21(20)29/h2-15H,1H3,(H,31,34)(H,32,33). The molecule has 0 radical (unpaired) electrons. The minimum Gasteiger partial charge on any atom is -0.493 e. The van der Waals surface area contributed by atoms with Gasteiger partial charge >= 0.3 is 5.97 Å². The van der Waals surface area contributed by atoms with Crippen LogP contribution in [0, 0.1) is 0 Å². The highest BCUT2D eigenvalue weighted by molar-refractivity contribution is 6.37. The van der Waals surface area contributed by atoms with Gasteiger partial charge in [-0.25, -0.2) is 10.2 Å². The number of benzene rings is 3. The summed E-state index contributed by atoms with van der Waals surface area (Å²) in [4.78, 5) is 37.2. The number of hydrogen-bond acceptors (Lipinski definition) is 7. The maximum atomic E-state index is 12.6. The van der Waals surface area contributed by atoms with Crippen molar-refractivity contribution in [3.05, 3.63) is 112 Å². The molecule has 0 atom stereocenters. The topological polar surface area (TPSA) is 119 Å².